The lowest BCUT2D eigenvalue weighted by Crippen LogP contribution is -2.32. The van der Waals surface area contributed by atoms with Gasteiger partial charge in [-0.3, -0.25) is 4.79 Å². The maximum absolute atomic E-state index is 13.8. The van der Waals surface area contributed by atoms with Crippen molar-refractivity contribution in [3.63, 3.8) is 0 Å². The van der Waals surface area contributed by atoms with Crippen LogP contribution >= 0.6 is 23.4 Å². The minimum absolute atomic E-state index is 0.00335. The maximum Gasteiger partial charge on any atom is 0.257 e. The van der Waals surface area contributed by atoms with E-state index >= 15 is 0 Å². The molecular weight excluding hydrogens is 487 g/mol. The van der Waals surface area contributed by atoms with Crippen LogP contribution in [0.4, 0.5) is 4.39 Å². The van der Waals surface area contributed by atoms with Crippen LogP contribution in [0.1, 0.15) is 41.6 Å². The zero-order valence-corrected chi connectivity index (χ0v) is 20.9. The smallest absolute Gasteiger partial charge is 0.257 e. The van der Waals surface area contributed by atoms with Gasteiger partial charge in [-0.05, 0) is 43.2 Å². The quantitative estimate of drug-likeness (QED) is 0.490. The highest BCUT2D eigenvalue weighted by atomic mass is 35.5. The largest absolute Gasteiger partial charge is 0.496 e. The predicted molar refractivity (Wildman–Crippen MR) is 130 cm³/mol. The van der Waals surface area contributed by atoms with Gasteiger partial charge in [-0.2, -0.15) is 11.8 Å². The van der Waals surface area contributed by atoms with Gasteiger partial charge in [0.15, 0.2) is 0 Å². The number of amides is 1. The SMILES string of the molecule is COc1ccc(S(=O)(=O)NCCSCc2c(F)cccc2Cl)cc1C(=O)N1CCCCCC1. The zero-order valence-electron chi connectivity index (χ0n) is 18.5. The molecule has 2 aromatic carbocycles. The summed E-state index contributed by atoms with van der Waals surface area (Å²) in [4.78, 5) is 14.9. The molecule has 0 saturated carbocycles. The molecule has 0 aromatic heterocycles. The molecule has 1 heterocycles. The first-order valence-electron chi connectivity index (χ1n) is 10.8. The van der Waals surface area contributed by atoms with Crippen molar-refractivity contribution in [3.8, 4) is 5.75 Å². The number of hydrogen-bond donors (Lipinski definition) is 1. The molecule has 1 amide bonds. The van der Waals surface area contributed by atoms with E-state index in [4.69, 9.17) is 16.3 Å². The van der Waals surface area contributed by atoms with Crippen LogP contribution in [0.3, 0.4) is 0 Å². The van der Waals surface area contributed by atoms with Gasteiger partial charge in [-0.15, -0.1) is 0 Å². The molecule has 0 radical (unpaired) electrons. The first-order chi connectivity index (χ1) is 15.8. The van der Waals surface area contributed by atoms with Gasteiger partial charge in [0, 0.05) is 41.7 Å². The average molecular weight is 515 g/mol. The summed E-state index contributed by atoms with van der Waals surface area (Å²) in [5.41, 5.74) is 0.643. The molecule has 1 fully saturated rings. The fourth-order valence-electron chi connectivity index (χ4n) is 3.64. The minimum Gasteiger partial charge on any atom is -0.496 e. The Morgan fingerprint density at radius 2 is 1.91 bits per heavy atom. The monoisotopic (exact) mass is 514 g/mol. The Hall–Kier alpha value is -1.81. The van der Waals surface area contributed by atoms with Gasteiger partial charge in [0.1, 0.15) is 11.6 Å². The molecule has 1 N–H and O–H groups in total. The molecule has 0 aliphatic carbocycles. The highest BCUT2D eigenvalue weighted by Crippen LogP contribution is 2.26. The normalized spacial score (nSPS) is 14.7. The highest BCUT2D eigenvalue weighted by molar-refractivity contribution is 7.98. The van der Waals surface area contributed by atoms with Crippen LogP contribution in [0.2, 0.25) is 5.02 Å². The van der Waals surface area contributed by atoms with Crippen LogP contribution in [0.5, 0.6) is 5.75 Å². The number of likely N-dealkylation sites (tertiary alicyclic amines) is 1. The van der Waals surface area contributed by atoms with Gasteiger partial charge >= 0.3 is 0 Å². The summed E-state index contributed by atoms with van der Waals surface area (Å²) in [6, 6.07) is 8.82. The summed E-state index contributed by atoms with van der Waals surface area (Å²) in [6.45, 7) is 1.46. The Morgan fingerprint density at radius 1 is 1.18 bits per heavy atom. The summed E-state index contributed by atoms with van der Waals surface area (Å²) in [5, 5.41) is 0.350. The van der Waals surface area contributed by atoms with E-state index in [1.54, 1.807) is 17.0 Å². The van der Waals surface area contributed by atoms with Crippen molar-refractivity contribution in [2.75, 3.05) is 32.5 Å². The Balaban J connectivity index is 1.63. The van der Waals surface area contributed by atoms with Gasteiger partial charge in [0.05, 0.1) is 17.6 Å². The van der Waals surface area contributed by atoms with Crippen LogP contribution in [-0.2, 0) is 15.8 Å². The number of carbonyl (C=O) groups excluding carboxylic acids is 1. The molecule has 180 valence electrons. The van der Waals surface area contributed by atoms with Crippen molar-refractivity contribution in [2.24, 2.45) is 0 Å². The van der Waals surface area contributed by atoms with Crippen LogP contribution in [0, 0.1) is 5.82 Å². The number of nitrogens with one attached hydrogen (secondary N) is 1. The molecule has 2 aromatic rings. The number of hydrogen-bond acceptors (Lipinski definition) is 5. The van der Waals surface area contributed by atoms with Gasteiger partial charge in [-0.25, -0.2) is 17.5 Å². The fraction of sp³-hybridized carbons (Fsp3) is 0.435. The molecule has 1 saturated heterocycles. The lowest BCUT2D eigenvalue weighted by molar-refractivity contribution is 0.0758. The molecule has 0 unspecified atom stereocenters. The van der Waals surface area contributed by atoms with Crippen molar-refractivity contribution in [1.82, 2.24) is 9.62 Å². The summed E-state index contributed by atoms with van der Waals surface area (Å²) < 4.78 is 47.3. The number of sulfonamides is 1. The van der Waals surface area contributed by atoms with Crippen molar-refractivity contribution in [3.05, 3.63) is 58.4 Å². The Labute approximate surface area is 203 Å². The third kappa shape index (κ3) is 6.85. The number of nitrogens with zero attached hydrogens (tertiary/aromatic N) is 1. The molecule has 33 heavy (non-hydrogen) atoms. The summed E-state index contributed by atoms with van der Waals surface area (Å²) in [6.07, 6.45) is 4.04. The molecule has 3 rings (SSSR count). The van der Waals surface area contributed by atoms with E-state index in [2.05, 4.69) is 4.72 Å². The number of methoxy groups -OCH3 is 1. The lowest BCUT2D eigenvalue weighted by Gasteiger charge is -2.22. The Kier molecular flexibility index (Phi) is 9.43. The summed E-state index contributed by atoms with van der Waals surface area (Å²) in [5.74, 6) is 0.517. The second kappa shape index (κ2) is 12.1. The van der Waals surface area contributed by atoms with Crippen LogP contribution in [-0.4, -0.2) is 51.7 Å². The molecule has 0 bridgehead atoms. The van der Waals surface area contributed by atoms with Crippen LogP contribution in [0.25, 0.3) is 0 Å². The summed E-state index contributed by atoms with van der Waals surface area (Å²) >= 11 is 7.39. The fourth-order valence-corrected chi connectivity index (χ4v) is 6.03. The molecule has 0 spiro atoms. The van der Waals surface area contributed by atoms with Crippen LogP contribution in [0.15, 0.2) is 41.3 Å². The lowest BCUT2D eigenvalue weighted by atomic mass is 10.1. The van der Waals surface area contributed by atoms with Gasteiger partial charge in [0.2, 0.25) is 10.0 Å². The second-order valence-corrected chi connectivity index (χ2v) is 11.0. The second-order valence-electron chi connectivity index (χ2n) is 7.72. The van der Waals surface area contributed by atoms with E-state index in [-0.39, 0.29) is 28.7 Å². The van der Waals surface area contributed by atoms with E-state index < -0.39 is 10.0 Å². The van der Waals surface area contributed by atoms with Gasteiger partial charge in [0.25, 0.3) is 5.91 Å². The molecule has 0 atom stereocenters. The summed E-state index contributed by atoms with van der Waals surface area (Å²) in [7, 11) is -2.37. The van der Waals surface area contributed by atoms with E-state index in [1.807, 2.05) is 0 Å². The first kappa shape index (κ1) is 25.8. The van der Waals surface area contributed by atoms with E-state index in [0.717, 1.165) is 25.7 Å². The van der Waals surface area contributed by atoms with E-state index in [0.29, 0.717) is 40.9 Å². The number of thioether (sulfide) groups is 1. The molecule has 6 nitrogen and oxygen atoms in total. The average Bonchev–Trinajstić information content (AvgIpc) is 3.09. The number of halogens is 2. The topological polar surface area (TPSA) is 75.7 Å². The molecule has 1 aliphatic rings. The van der Waals surface area contributed by atoms with Crippen molar-refractivity contribution >= 4 is 39.3 Å². The predicted octanol–water partition coefficient (Wildman–Crippen LogP) is 4.72. The highest BCUT2D eigenvalue weighted by Gasteiger charge is 2.24. The first-order valence-corrected chi connectivity index (χ1v) is 13.8. The standard InChI is InChI=1S/C23H28ClFN2O4S2/c1-31-22-10-9-17(15-18(22)23(28)27-12-4-2-3-5-13-27)33(29,30)26-11-14-32-16-19-20(24)7-6-8-21(19)25/h6-10,15,26H,2-5,11-14,16H2,1H3. The van der Waals surface area contributed by atoms with Gasteiger partial charge < -0.3 is 9.64 Å². The number of rotatable bonds is 9. The molecule has 10 heteroatoms. The third-order valence-electron chi connectivity index (χ3n) is 5.45. The number of ether oxygens (including phenoxy) is 1. The third-order valence-corrected chi connectivity index (χ3v) is 8.25. The van der Waals surface area contributed by atoms with Crippen molar-refractivity contribution in [2.45, 2.75) is 36.3 Å². The molecule has 1 aliphatic heterocycles. The minimum atomic E-state index is -3.83. The number of carbonyl (C=O) groups is 1. The Morgan fingerprint density at radius 3 is 2.58 bits per heavy atom. The van der Waals surface area contributed by atoms with E-state index in [9.17, 15) is 17.6 Å². The van der Waals surface area contributed by atoms with Gasteiger partial charge in [-0.1, -0.05) is 30.5 Å². The van der Waals surface area contributed by atoms with Crippen molar-refractivity contribution < 1.29 is 22.3 Å². The molecular formula is C23H28ClFN2O4S2. The van der Waals surface area contributed by atoms with Crippen LogP contribution < -0.4 is 9.46 Å². The zero-order chi connectivity index (χ0) is 23.8. The Bertz CT molecular complexity index is 1050. The maximum atomic E-state index is 13.8. The van der Waals surface area contributed by atoms with E-state index in [1.165, 1.54) is 43.1 Å². The van der Waals surface area contributed by atoms with Crippen molar-refractivity contribution in [1.29, 1.82) is 0 Å². The number of benzene rings is 2.